The molecule has 2 atom stereocenters. The van der Waals surface area contributed by atoms with Crippen molar-refractivity contribution in [2.45, 2.75) is 39.5 Å². The van der Waals surface area contributed by atoms with Crippen molar-refractivity contribution < 1.29 is 24.2 Å². The van der Waals surface area contributed by atoms with Crippen molar-refractivity contribution in [3.05, 3.63) is 35.9 Å². The number of hydrogen-bond donors (Lipinski definition) is 1. The molecule has 1 heterocycles. The molecule has 2 rings (SSSR count). The van der Waals surface area contributed by atoms with Gasteiger partial charge in [0.25, 0.3) is 0 Å². The number of carbonyl (C=O) groups is 3. The van der Waals surface area contributed by atoms with Crippen LogP contribution in [0, 0.1) is 5.41 Å². The first-order chi connectivity index (χ1) is 10.2. The van der Waals surface area contributed by atoms with Gasteiger partial charge in [0.05, 0.1) is 0 Å². The molecule has 6 nitrogen and oxygen atoms in total. The van der Waals surface area contributed by atoms with Crippen LogP contribution in [-0.4, -0.2) is 40.1 Å². The minimum Gasteiger partial charge on any atom is -0.465 e. The van der Waals surface area contributed by atoms with Gasteiger partial charge in [-0.1, -0.05) is 51.1 Å². The van der Waals surface area contributed by atoms with E-state index in [0.29, 0.717) is 5.56 Å². The van der Waals surface area contributed by atoms with Crippen LogP contribution in [0.15, 0.2) is 30.3 Å². The summed E-state index contributed by atoms with van der Waals surface area (Å²) in [6.07, 6.45) is -2.38. The quantitative estimate of drug-likeness (QED) is 0.685. The predicted octanol–water partition coefficient (Wildman–Crippen LogP) is 2.54. The molecule has 118 valence electrons. The highest BCUT2D eigenvalue weighted by atomic mass is 16.6. The summed E-state index contributed by atoms with van der Waals surface area (Å²) >= 11 is 0. The maximum absolute atomic E-state index is 12.2. The smallest absolute Gasteiger partial charge is 0.410 e. The Kier molecular flexibility index (Phi) is 4.21. The number of esters is 1. The van der Waals surface area contributed by atoms with E-state index in [9.17, 15) is 19.5 Å². The molecule has 1 N–H and O–H groups in total. The molecule has 1 aliphatic rings. The van der Waals surface area contributed by atoms with Gasteiger partial charge in [-0.2, -0.15) is 0 Å². The molecule has 0 aromatic heterocycles. The molecular weight excluding hydrogens is 286 g/mol. The summed E-state index contributed by atoms with van der Waals surface area (Å²) in [7, 11) is 0. The zero-order valence-corrected chi connectivity index (χ0v) is 12.8. The molecule has 0 bridgehead atoms. The Balaban J connectivity index is 2.24. The Morgan fingerprint density at radius 2 is 1.82 bits per heavy atom. The van der Waals surface area contributed by atoms with Gasteiger partial charge in [0, 0.05) is 17.4 Å². The predicted molar refractivity (Wildman–Crippen MR) is 78.4 cm³/mol. The molecule has 1 unspecified atom stereocenters. The van der Waals surface area contributed by atoms with Crippen LogP contribution in [0.1, 0.15) is 37.6 Å². The van der Waals surface area contributed by atoms with Gasteiger partial charge in [-0.15, -0.1) is 0 Å². The van der Waals surface area contributed by atoms with Gasteiger partial charge in [0.2, 0.25) is 0 Å². The first-order valence-electron chi connectivity index (χ1n) is 7.02. The van der Waals surface area contributed by atoms with Crippen molar-refractivity contribution in [3.8, 4) is 0 Å². The fourth-order valence-electron chi connectivity index (χ4n) is 2.45. The summed E-state index contributed by atoms with van der Waals surface area (Å²) in [4.78, 5) is 36.7. The Morgan fingerprint density at radius 1 is 1.23 bits per heavy atom. The minimum atomic E-state index is -1.27. The summed E-state index contributed by atoms with van der Waals surface area (Å²) in [5.74, 6) is -0.963. The van der Waals surface area contributed by atoms with E-state index in [4.69, 9.17) is 4.74 Å². The van der Waals surface area contributed by atoms with Crippen molar-refractivity contribution in [2.24, 2.45) is 5.41 Å². The molecule has 1 aromatic rings. The average Bonchev–Trinajstić information content (AvgIpc) is 2.77. The van der Waals surface area contributed by atoms with Gasteiger partial charge in [-0.05, 0) is 0 Å². The third-order valence-electron chi connectivity index (χ3n) is 3.52. The number of rotatable bonds is 3. The van der Waals surface area contributed by atoms with E-state index in [2.05, 4.69) is 0 Å². The van der Waals surface area contributed by atoms with Crippen LogP contribution in [0.2, 0.25) is 0 Å². The molecule has 0 saturated carbocycles. The molecule has 1 amide bonds. The largest absolute Gasteiger partial charge is 0.465 e. The number of cyclic esters (lactones) is 1. The second kappa shape index (κ2) is 5.79. The molecule has 6 heteroatoms. The van der Waals surface area contributed by atoms with Crippen LogP contribution in [0.25, 0.3) is 0 Å². The van der Waals surface area contributed by atoms with E-state index in [-0.39, 0.29) is 12.2 Å². The topological polar surface area (TPSA) is 83.9 Å². The number of benzene rings is 1. The lowest BCUT2D eigenvalue weighted by Gasteiger charge is -2.32. The average molecular weight is 305 g/mol. The number of ether oxygens (including phenoxy) is 1. The van der Waals surface area contributed by atoms with Crippen molar-refractivity contribution in [2.75, 3.05) is 0 Å². The number of amides is 1. The SMILES string of the molecule is CC(C)(C)[C@@H]1OC(=O)C(CC(=O)c2ccccc2)N1C(=O)O. The molecular formula is C16H19NO5. The second-order valence-electron chi connectivity index (χ2n) is 6.35. The van der Waals surface area contributed by atoms with Gasteiger partial charge in [0.1, 0.15) is 6.04 Å². The highest BCUT2D eigenvalue weighted by molar-refractivity contribution is 6.00. The van der Waals surface area contributed by atoms with Crippen LogP contribution in [0.3, 0.4) is 0 Å². The molecule has 1 aromatic carbocycles. The standard InChI is InChI=1S/C16H19NO5/c1-16(2,3)14-17(15(20)21)11(13(19)22-14)9-12(18)10-7-5-4-6-8-10/h4-8,11,14H,9H2,1-3H3,(H,20,21)/t11?,14-/m0/s1. The zero-order valence-electron chi connectivity index (χ0n) is 12.8. The number of carboxylic acid groups (broad SMARTS) is 1. The van der Waals surface area contributed by atoms with E-state index >= 15 is 0 Å². The van der Waals surface area contributed by atoms with Gasteiger partial charge < -0.3 is 9.84 Å². The van der Waals surface area contributed by atoms with E-state index in [1.807, 2.05) is 0 Å². The molecule has 22 heavy (non-hydrogen) atoms. The van der Waals surface area contributed by atoms with Gasteiger partial charge in [-0.3, -0.25) is 9.69 Å². The van der Waals surface area contributed by atoms with Crippen LogP contribution in [-0.2, 0) is 9.53 Å². The maximum Gasteiger partial charge on any atom is 0.410 e. The van der Waals surface area contributed by atoms with Gasteiger partial charge >= 0.3 is 12.1 Å². The fraction of sp³-hybridized carbons (Fsp3) is 0.438. The van der Waals surface area contributed by atoms with E-state index in [1.165, 1.54) is 0 Å². The number of hydrogen-bond acceptors (Lipinski definition) is 4. The lowest BCUT2D eigenvalue weighted by atomic mass is 9.93. The minimum absolute atomic E-state index is 0.221. The lowest BCUT2D eigenvalue weighted by molar-refractivity contribution is -0.147. The molecule has 0 spiro atoms. The van der Waals surface area contributed by atoms with Crippen LogP contribution in [0.4, 0.5) is 4.79 Å². The summed E-state index contributed by atoms with van der Waals surface area (Å²) in [5.41, 5.74) is -0.127. The number of nitrogens with zero attached hydrogens (tertiary/aromatic N) is 1. The van der Waals surface area contributed by atoms with Crippen molar-refractivity contribution in [1.82, 2.24) is 4.90 Å². The first kappa shape index (κ1) is 16.0. The van der Waals surface area contributed by atoms with Crippen LogP contribution in [0.5, 0.6) is 0 Å². The highest BCUT2D eigenvalue weighted by Gasteiger charge is 2.50. The monoisotopic (exact) mass is 305 g/mol. The maximum atomic E-state index is 12.2. The lowest BCUT2D eigenvalue weighted by Crippen LogP contribution is -2.47. The third-order valence-corrected chi connectivity index (χ3v) is 3.52. The highest BCUT2D eigenvalue weighted by Crippen LogP contribution is 2.33. The summed E-state index contributed by atoms with van der Waals surface area (Å²) in [6, 6.07) is 7.37. The van der Waals surface area contributed by atoms with Crippen molar-refractivity contribution in [3.63, 3.8) is 0 Å². The molecule has 1 aliphatic heterocycles. The third kappa shape index (κ3) is 3.10. The van der Waals surface area contributed by atoms with E-state index < -0.39 is 29.7 Å². The number of ketones is 1. The number of Topliss-reactive ketones (excluding diaryl/α,β-unsaturated/α-hetero) is 1. The number of carbonyl (C=O) groups excluding carboxylic acids is 2. The molecule has 1 saturated heterocycles. The Hall–Kier alpha value is -2.37. The van der Waals surface area contributed by atoms with Gasteiger partial charge in [-0.25, -0.2) is 9.59 Å². The second-order valence-corrected chi connectivity index (χ2v) is 6.35. The van der Waals surface area contributed by atoms with E-state index in [0.717, 1.165) is 4.90 Å². The van der Waals surface area contributed by atoms with E-state index in [1.54, 1.807) is 51.1 Å². The summed E-state index contributed by atoms with van der Waals surface area (Å²) < 4.78 is 5.20. The van der Waals surface area contributed by atoms with Gasteiger partial charge in [0.15, 0.2) is 12.0 Å². The fourth-order valence-corrected chi connectivity index (χ4v) is 2.45. The Bertz CT molecular complexity index is 590. The normalized spacial score (nSPS) is 21.6. The molecule has 0 radical (unpaired) electrons. The van der Waals surface area contributed by atoms with Crippen molar-refractivity contribution >= 4 is 17.8 Å². The Labute approximate surface area is 128 Å². The molecule has 0 aliphatic carbocycles. The van der Waals surface area contributed by atoms with Crippen LogP contribution < -0.4 is 0 Å². The summed E-state index contributed by atoms with van der Waals surface area (Å²) in [5, 5.41) is 9.40. The first-order valence-corrected chi connectivity index (χ1v) is 7.02. The Morgan fingerprint density at radius 3 is 2.32 bits per heavy atom. The zero-order chi connectivity index (χ0) is 16.5. The summed E-state index contributed by atoms with van der Waals surface area (Å²) in [6.45, 7) is 5.34. The van der Waals surface area contributed by atoms with Crippen molar-refractivity contribution in [1.29, 1.82) is 0 Å². The van der Waals surface area contributed by atoms with Crippen LogP contribution >= 0.6 is 0 Å². The molecule has 1 fully saturated rings.